The van der Waals surface area contributed by atoms with Gasteiger partial charge in [-0.2, -0.15) is 5.26 Å². The molecular formula is C15H19N3. The van der Waals surface area contributed by atoms with E-state index < -0.39 is 0 Å². The number of imidazole rings is 1. The van der Waals surface area contributed by atoms with Crippen molar-refractivity contribution in [1.29, 1.82) is 5.26 Å². The lowest BCUT2D eigenvalue weighted by Crippen LogP contribution is -2.46. The van der Waals surface area contributed by atoms with Gasteiger partial charge >= 0.3 is 0 Å². The van der Waals surface area contributed by atoms with E-state index in [1.54, 1.807) is 6.20 Å². The molecule has 18 heavy (non-hydrogen) atoms. The minimum absolute atomic E-state index is 0.587. The van der Waals surface area contributed by atoms with E-state index >= 15 is 0 Å². The molecule has 3 nitrogen and oxygen atoms in total. The molecule has 0 unspecified atom stereocenters. The van der Waals surface area contributed by atoms with E-state index in [1.807, 2.05) is 6.20 Å². The summed E-state index contributed by atoms with van der Waals surface area (Å²) in [6.45, 7) is 1.03. The molecule has 0 N–H and O–H groups in total. The number of hydrogen-bond donors (Lipinski definition) is 0. The van der Waals surface area contributed by atoms with Gasteiger partial charge in [-0.25, -0.2) is 4.98 Å². The van der Waals surface area contributed by atoms with E-state index in [2.05, 4.69) is 15.6 Å². The molecule has 0 amide bonds. The third-order valence-electron chi connectivity index (χ3n) is 5.64. The maximum atomic E-state index is 9.06. The highest BCUT2D eigenvalue weighted by Crippen LogP contribution is 2.56. The second kappa shape index (κ2) is 3.85. The molecule has 4 bridgehead atoms. The number of rotatable bonds is 2. The summed E-state index contributed by atoms with van der Waals surface area (Å²) in [5.41, 5.74) is 0. The van der Waals surface area contributed by atoms with Crippen LogP contribution in [-0.2, 0) is 6.54 Å². The van der Waals surface area contributed by atoms with E-state index in [-0.39, 0.29) is 0 Å². The van der Waals surface area contributed by atoms with Gasteiger partial charge in [0.05, 0.1) is 0 Å². The van der Waals surface area contributed by atoms with E-state index in [4.69, 9.17) is 5.26 Å². The third-order valence-corrected chi connectivity index (χ3v) is 5.64. The topological polar surface area (TPSA) is 41.6 Å². The Hall–Kier alpha value is -1.30. The van der Waals surface area contributed by atoms with Gasteiger partial charge in [0.15, 0.2) is 0 Å². The Bertz CT molecular complexity index is 468. The minimum atomic E-state index is 0.587. The van der Waals surface area contributed by atoms with Gasteiger partial charge in [-0.05, 0) is 61.7 Å². The average Bonchev–Trinajstić information content (AvgIpc) is 2.80. The molecule has 0 aliphatic heterocycles. The fourth-order valence-corrected chi connectivity index (χ4v) is 5.13. The largest absolute Gasteiger partial charge is 0.322 e. The normalized spacial score (nSPS) is 40.9. The zero-order valence-corrected chi connectivity index (χ0v) is 10.6. The maximum absolute atomic E-state index is 9.06. The first-order valence-corrected chi connectivity index (χ1v) is 7.24. The molecule has 1 aromatic heterocycles. The van der Waals surface area contributed by atoms with Gasteiger partial charge in [0.25, 0.3) is 0 Å². The summed E-state index contributed by atoms with van der Waals surface area (Å²) in [6, 6.07) is 2.20. The van der Waals surface area contributed by atoms with Gasteiger partial charge in [0.2, 0.25) is 5.82 Å². The lowest BCUT2D eigenvalue weighted by atomic mass is 9.52. The molecular weight excluding hydrogens is 222 g/mol. The highest BCUT2D eigenvalue weighted by atomic mass is 15.1. The van der Waals surface area contributed by atoms with Crippen molar-refractivity contribution < 1.29 is 0 Å². The summed E-state index contributed by atoms with van der Waals surface area (Å²) in [5, 5.41) is 9.06. The van der Waals surface area contributed by atoms with Crippen molar-refractivity contribution in [3.05, 3.63) is 18.2 Å². The molecule has 3 heteroatoms. The Balaban J connectivity index is 1.57. The van der Waals surface area contributed by atoms with Crippen molar-refractivity contribution in [3.63, 3.8) is 0 Å². The van der Waals surface area contributed by atoms with Crippen LogP contribution in [0.3, 0.4) is 0 Å². The van der Waals surface area contributed by atoms with Crippen LogP contribution >= 0.6 is 0 Å². The molecule has 4 aliphatic carbocycles. The van der Waals surface area contributed by atoms with Gasteiger partial charge in [0, 0.05) is 18.9 Å². The highest BCUT2D eigenvalue weighted by molar-refractivity contribution is 5.11. The summed E-state index contributed by atoms with van der Waals surface area (Å²) in [7, 11) is 0. The minimum Gasteiger partial charge on any atom is -0.322 e. The molecule has 1 heterocycles. The van der Waals surface area contributed by atoms with Crippen LogP contribution in [0, 0.1) is 40.9 Å². The first-order valence-electron chi connectivity index (χ1n) is 7.24. The zero-order chi connectivity index (χ0) is 12.1. The van der Waals surface area contributed by atoms with Crippen LogP contribution in [-0.4, -0.2) is 9.55 Å². The van der Waals surface area contributed by atoms with Crippen molar-refractivity contribution in [2.45, 2.75) is 38.6 Å². The average molecular weight is 241 g/mol. The van der Waals surface area contributed by atoms with Crippen LogP contribution in [0.5, 0.6) is 0 Å². The molecule has 94 valence electrons. The number of hydrogen-bond acceptors (Lipinski definition) is 2. The summed E-state index contributed by atoms with van der Waals surface area (Å²) in [5.74, 6) is 5.30. The maximum Gasteiger partial charge on any atom is 0.212 e. The van der Waals surface area contributed by atoms with E-state index in [0.29, 0.717) is 5.82 Å². The van der Waals surface area contributed by atoms with E-state index in [1.165, 1.54) is 32.1 Å². The second-order valence-electron chi connectivity index (χ2n) is 6.61. The standard InChI is InChI=1S/C15H19N3/c16-8-15-17-1-2-18(15)9-14-12-4-10-3-11(6-12)7-13(14)5-10/h1-2,10-14H,3-7,9H2. The van der Waals surface area contributed by atoms with E-state index in [9.17, 15) is 0 Å². The monoisotopic (exact) mass is 241 g/mol. The molecule has 5 rings (SSSR count). The van der Waals surface area contributed by atoms with Crippen LogP contribution < -0.4 is 0 Å². The molecule has 0 spiro atoms. The SMILES string of the molecule is N#Cc1nccn1CC1C2CC3CC(C2)CC1C3. The molecule has 0 aromatic carbocycles. The smallest absolute Gasteiger partial charge is 0.212 e. The van der Waals surface area contributed by atoms with Gasteiger partial charge < -0.3 is 4.57 Å². The third kappa shape index (κ3) is 1.51. The van der Waals surface area contributed by atoms with Gasteiger partial charge in [-0.15, -0.1) is 0 Å². The Labute approximate surface area is 108 Å². The first-order chi connectivity index (χ1) is 8.83. The molecule has 0 saturated heterocycles. The molecule has 0 radical (unpaired) electrons. The Morgan fingerprint density at radius 1 is 1.17 bits per heavy atom. The van der Waals surface area contributed by atoms with Crippen LogP contribution in [0.2, 0.25) is 0 Å². The summed E-state index contributed by atoms with van der Waals surface area (Å²) < 4.78 is 2.08. The van der Waals surface area contributed by atoms with Gasteiger partial charge in [0.1, 0.15) is 6.07 Å². The molecule has 4 fully saturated rings. The Morgan fingerprint density at radius 2 is 1.83 bits per heavy atom. The summed E-state index contributed by atoms with van der Waals surface area (Å²) in [4.78, 5) is 4.12. The number of nitriles is 1. The lowest BCUT2D eigenvalue weighted by molar-refractivity contribution is -0.0430. The number of aromatic nitrogens is 2. The van der Waals surface area contributed by atoms with Crippen LogP contribution in [0.4, 0.5) is 0 Å². The molecule has 0 atom stereocenters. The number of nitrogens with zero attached hydrogens (tertiary/aromatic N) is 3. The quantitative estimate of drug-likeness (QED) is 0.799. The molecule has 1 aromatic rings. The van der Waals surface area contributed by atoms with Gasteiger partial charge in [-0.1, -0.05) is 0 Å². The summed E-state index contributed by atoms with van der Waals surface area (Å²) in [6.07, 6.45) is 11.1. The van der Waals surface area contributed by atoms with Gasteiger partial charge in [-0.3, -0.25) is 0 Å². The summed E-state index contributed by atoms with van der Waals surface area (Å²) >= 11 is 0. The predicted octanol–water partition coefficient (Wildman–Crippen LogP) is 2.83. The Kier molecular flexibility index (Phi) is 2.27. The fourth-order valence-electron chi connectivity index (χ4n) is 5.13. The highest BCUT2D eigenvalue weighted by Gasteiger charge is 2.48. The first kappa shape index (κ1) is 10.6. The van der Waals surface area contributed by atoms with Crippen molar-refractivity contribution in [3.8, 4) is 6.07 Å². The Morgan fingerprint density at radius 3 is 2.44 bits per heavy atom. The van der Waals surface area contributed by atoms with Crippen LogP contribution in [0.1, 0.15) is 37.9 Å². The fraction of sp³-hybridized carbons (Fsp3) is 0.733. The lowest BCUT2D eigenvalue weighted by Gasteiger charge is -2.54. The molecule has 4 saturated carbocycles. The molecule has 4 aliphatic rings. The van der Waals surface area contributed by atoms with Crippen LogP contribution in [0.15, 0.2) is 12.4 Å². The second-order valence-corrected chi connectivity index (χ2v) is 6.61. The van der Waals surface area contributed by atoms with Crippen molar-refractivity contribution in [2.75, 3.05) is 0 Å². The van der Waals surface area contributed by atoms with Crippen molar-refractivity contribution >= 4 is 0 Å². The van der Waals surface area contributed by atoms with E-state index in [0.717, 1.165) is 36.1 Å². The predicted molar refractivity (Wildman–Crippen MR) is 67.5 cm³/mol. The zero-order valence-electron chi connectivity index (χ0n) is 10.6. The van der Waals surface area contributed by atoms with Crippen LogP contribution in [0.25, 0.3) is 0 Å². The van der Waals surface area contributed by atoms with Crippen molar-refractivity contribution in [1.82, 2.24) is 9.55 Å². The van der Waals surface area contributed by atoms with Crippen molar-refractivity contribution in [2.24, 2.45) is 29.6 Å².